The highest BCUT2D eigenvalue weighted by atomic mass is 16.5. The number of hydrogen-bond donors (Lipinski definition) is 1. The van der Waals surface area contributed by atoms with E-state index < -0.39 is 0 Å². The maximum atomic E-state index is 6.15. The lowest BCUT2D eigenvalue weighted by molar-refractivity contribution is 0.357. The second-order valence-electron chi connectivity index (χ2n) is 5.52. The van der Waals surface area contributed by atoms with Crippen molar-refractivity contribution in [3.8, 4) is 5.75 Å². The molecule has 1 atom stereocenters. The van der Waals surface area contributed by atoms with Gasteiger partial charge in [-0.3, -0.25) is 0 Å². The van der Waals surface area contributed by atoms with Gasteiger partial charge in [-0.15, -0.1) is 0 Å². The van der Waals surface area contributed by atoms with Gasteiger partial charge in [0.25, 0.3) is 0 Å². The first-order valence-corrected chi connectivity index (χ1v) is 6.81. The van der Waals surface area contributed by atoms with Gasteiger partial charge in [-0.1, -0.05) is 25.0 Å². The molecular formula is C15H21NO. The first-order chi connectivity index (χ1) is 8.31. The summed E-state index contributed by atoms with van der Waals surface area (Å²) in [6, 6.07) is 7.00. The monoisotopic (exact) mass is 231 g/mol. The van der Waals surface area contributed by atoms with Crippen LogP contribution in [0.3, 0.4) is 0 Å². The van der Waals surface area contributed by atoms with Crippen molar-refractivity contribution in [1.29, 1.82) is 0 Å². The highest BCUT2D eigenvalue weighted by Crippen LogP contribution is 2.34. The Morgan fingerprint density at radius 3 is 3.06 bits per heavy atom. The zero-order valence-electron chi connectivity index (χ0n) is 10.3. The summed E-state index contributed by atoms with van der Waals surface area (Å²) in [5.41, 5.74) is 8.94. The normalized spacial score (nSPS) is 19.8. The molecule has 0 saturated heterocycles. The van der Waals surface area contributed by atoms with E-state index >= 15 is 0 Å². The molecule has 3 rings (SSSR count). The minimum absolute atomic E-state index is 0.395. The van der Waals surface area contributed by atoms with Gasteiger partial charge in [0, 0.05) is 12.5 Å². The number of aryl methyl sites for hydroxylation is 1. The Hall–Kier alpha value is -1.02. The molecule has 0 spiro atoms. The van der Waals surface area contributed by atoms with E-state index in [4.69, 9.17) is 10.5 Å². The minimum atomic E-state index is 0.395. The summed E-state index contributed by atoms with van der Waals surface area (Å²) < 4.78 is 5.52. The molecule has 1 aliphatic heterocycles. The van der Waals surface area contributed by atoms with Crippen LogP contribution in [0.25, 0.3) is 0 Å². The molecule has 2 heteroatoms. The van der Waals surface area contributed by atoms with Crippen molar-refractivity contribution in [2.75, 3.05) is 6.61 Å². The molecule has 1 fully saturated rings. The van der Waals surface area contributed by atoms with Gasteiger partial charge >= 0.3 is 0 Å². The van der Waals surface area contributed by atoms with Crippen molar-refractivity contribution in [2.45, 2.75) is 44.6 Å². The van der Waals surface area contributed by atoms with Crippen LogP contribution in [0.4, 0.5) is 0 Å². The van der Waals surface area contributed by atoms with Crippen LogP contribution in [-0.2, 0) is 12.8 Å². The van der Waals surface area contributed by atoms with Gasteiger partial charge in [0.1, 0.15) is 5.75 Å². The maximum absolute atomic E-state index is 6.15. The van der Waals surface area contributed by atoms with Gasteiger partial charge in [-0.05, 0) is 42.4 Å². The molecule has 1 aromatic rings. The number of nitrogens with two attached hydrogens (primary N) is 1. The topological polar surface area (TPSA) is 35.2 Å². The first kappa shape index (κ1) is 11.1. The van der Waals surface area contributed by atoms with Crippen LogP contribution in [0.5, 0.6) is 5.75 Å². The Kier molecular flexibility index (Phi) is 3.06. The van der Waals surface area contributed by atoms with E-state index in [2.05, 4.69) is 18.2 Å². The Labute approximate surface area is 103 Å². The lowest BCUT2D eigenvalue weighted by atomic mass is 10.00. The van der Waals surface area contributed by atoms with Crippen molar-refractivity contribution >= 4 is 0 Å². The van der Waals surface area contributed by atoms with Gasteiger partial charge in [-0.25, -0.2) is 0 Å². The Morgan fingerprint density at radius 2 is 2.24 bits per heavy atom. The second-order valence-corrected chi connectivity index (χ2v) is 5.52. The molecule has 0 aromatic heterocycles. The zero-order valence-corrected chi connectivity index (χ0v) is 10.3. The standard InChI is InChI=1S/C15H21NO/c16-14(10-12-1-2-12)5-3-11-4-6-15-13(9-11)7-8-17-15/h4,6,9,12,14H,1-3,5,7-8,10,16H2. The highest BCUT2D eigenvalue weighted by molar-refractivity contribution is 5.39. The van der Waals surface area contributed by atoms with Crippen LogP contribution >= 0.6 is 0 Å². The Bertz CT molecular complexity index is 398. The number of rotatable bonds is 5. The van der Waals surface area contributed by atoms with Crippen molar-refractivity contribution in [1.82, 2.24) is 0 Å². The number of ether oxygens (including phenoxy) is 1. The molecule has 2 nitrogen and oxygen atoms in total. The molecular weight excluding hydrogens is 210 g/mol. The van der Waals surface area contributed by atoms with Crippen LogP contribution in [0.1, 0.15) is 36.8 Å². The van der Waals surface area contributed by atoms with Gasteiger partial charge in [0.15, 0.2) is 0 Å². The lowest BCUT2D eigenvalue weighted by Crippen LogP contribution is -2.21. The largest absolute Gasteiger partial charge is 0.493 e. The number of benzene rings is 1. The van der Waals surface area contributed by atoms with E-state index in [1.807, 2.05) is 0 Å². The van der Waals surface area contributed by atoms with Crippen LogP contribution in [0.15, 0.2) is 18.2 Å². The number of hydrogen-bond acceptors (Lipinski definition) is 2. The Morgan fingerprint density at radius 1 is 1.35 bits per heavy atom. The average molecular weight is 231 g/mol. The third kappa shape index (κ3) is 2.81. The third-order valence-electron chi connectivity index (χ3n) is 3.89. The highest BCUT2D eigenvalue weighted by Gasteiger charge is 2.23. The summed E-state index contributed by atoms with van der Waals surface area (Å²) in [5.74, 6) is 2.02. The molecule has 1 heterocycles. The van der Waals surface area contributed by atoms with E-state index in [1.165, 1.54) is 30.4 Å². The van der Waals surface area contributed by atoms with E-state index in [0.717, 1.165) is 37.5 Å². The summed E-state index contributed by atoms with van der Waals surface area (Å²) in [5, 5.41) is 0. The quantitative estimate of drug-likeness (QED) is 0.845. The van der Waals surface area contributed by atoms with Crippen molar-refractivity contribution < 1.29 is 4.74 Å². The molecule has 2 N–H and O–H groups in total. The molecule has 1 aromatic carbocycles. The molecule has 1 unspecified atom stereocenters. The van der Waals surface area contributed by atoms with Crippen molar-refractivity contribution in [3.05, 3.63) is 29.3 Å². The van der Waals surface area contributed by atoms with E-state index in [1.54, 1.807) is 0 Å². The average Bonchev–Trinajstić information content (AvgIpc) is 3.01. The summed E-state index contributed by atoms with van der Waals surface area (Å²) in [7, 11) is 0. The minimum Gasteiger partial charge on any atom is -0.493 e. The predicted molar refractivity (Wildman–Crippen MR) is 69.3 cm³/mol. The molecule has 2 aliphatic rings. The fraction of sp³-hybridized carbons (Fsp3) is 0.600. The molecule has 1 aliphatic carbocycles. The number of fused-ring (bicyclic) bond motifs is 1. The second kappa shape index (κ2) is 4.69. The van der Waals surface area contributed by atoms with Crippen molar-refractivity contribution in [2.24, 2.45) is 11.7 Å². The summed E-state index contributed by atoms with van der Waals surface area (Å²) in [4.78, 5) is 0. The van der Waals surface area contributed by atoms with E-state index in [9.17, 15) is 0 Å². The molecule has 17 heavy (non-hydrogen) atoms. The fourth-order valence-corrected chi connectivity index (χ4v) is 2.65. The van der Waals surface area contributed by atoms with Crippen LogP contribution < -0.4 is 10.5 Å². The predicted octanol–water partition coefficient (Wildman–Crippen LogP) is 2.68. The van der Waals surface area contributed by atoms with Crippen LogP contribution in [0.2, 0.25) is 0 Å². The summed E-state index contributed by atoms with van der Waals surface area (Å²) in [6.07, 6.45) is 7.34. The van der Waals surface area contributed by atoms with Gasteiger partial charge in [-0.2, -0.15) is 0 Å². The Balaban J connectivity index is 1.53. The van der Waals surface area contributed by atoms with Gasteiger partial charge < -0.3 is 10.5 Å². The summed E-state index contributed by atoms with van der Waals surface area (Å²) >= 11 is 0. The van der Waals surface area contributed by atoms with Crippen LogP contribution in [-0.4, -0.2) is 12.6 Å². The van der Waals surface area contributed by atoms with Crippen molar-refractivity contribution in [3.63, 3.8) is 0 Å². The molecule has 0 radical (unpaired) electrons. The van der Waals surface area contributed by atoms with Gasteiger partial charge in [0.05, 0.1) is 6.61 Å². The molecule has 1 saturated carbocycles. The zero-order chi connectivity index (χ0) is 11.7. The van der Waals surface area contributed by atoms with Crippen LogP contribution in [0, 0.1) is 5.92 Å². The SMILES string of the molecule is NC(CCc1ccc2c(c1)CCO2)CC1CC1. The van der Waals surface area contributed by atoms with E-state index in [0.29, 0.717) is 6.04 Å². The van der Waals surface area contributed by atoms with E-state index in [-0.39, 0.29) is 0 Å². The van der Waals surface area contributed by atoms with Gasteiger partial charge in [0.2, 0.25) is 0 Å². The fourth-order valence-electron chi connectivity index (χ4n) is 2.65. The lowest BCUT2D eigenvalue weighted by Gasteiger charge is -2.11. The molecule has 0 amide bonds. The summed E-state index contributed by atoms with van der Waals surface area (Å²) in [6.45, 7) is 0.847. The smallest absolute Gasteiger partial charge is 0.122 e. The first-order valence-electron chi connectivity index (χ1n) is 6.81. The third-order valence-corrected chi connectivity index (χ3v) is 3.89. The molecule has 0 bridgehead atoms. The molecule has 92 valence electrons. The maximum Gasteiger partial charge on any atom is 0.122 e.